The van der Waals surface area contributed by atoms with Gasteiger partial charge in [0.25, 0.3) is 0 Å². The van der Waals surface area contributed by atoms with Crippen molar-refractivity contribution < 1.29 is 32.2 Å². The first-order valence-electron chi connectivity index (χ1n) is 14.7. The average molecular weight is 589 g/mol. The van der Waals surface area contributed by atoms with Crippen LogP contribution in [0.25, 0.3) is 0 Å². The van der Waals surface area contributed by atoms with Gasteiger partial charge in [0.15, 0.2) is 0 Å². The molecule has 1 saturated heterocycles. The van der Waals surface area contributed by atoms with Gasteiger partial charge in [0.2, 0.25) is 15.8 Å². The molecule has 226 valence electrons. The lowest BCUT2D eigenvalue weighted by molar-refractivity contribution is -0.180. The molecule has 1 amide bonds. The molecule has 4 rings (SSSR count). The minimum Gasteiger partial charge on any atom is -0.463 e. The normalized spacial score (nSPS) is 18.2. The average Bonchev–Trinajstić information content (AvgIpc) is 3.30. The number of rotatable bonds is 16. The topological polar surface area (TPSA) is 117 Å². The number of hydrogen-bond donors (Lipinski definition) is 1. The van der Waals surface area contributed by atoms with Crippen LogP contribution in [0.4, 0.5) is 4.79 Å². The maximum atomic E-state index is 12.4. The van der Waals surface area contributed by atoms with Crippen molar-refractivity contribution in [3.63, 3.8) is 0 Å². The Labute approximate surface area is 244 Å². The van der Waals surface area contributed by atoms with E-state index in [0.29, 0.717) is 19.7 Å². The molecule has 0 aliphatic carbocycles. The molecule has 0 saturated carbocycles. The van der Waals surface area contributed by atoms with Gasteiger partial charge in [0, 0.05) is 39.2 Å². The number of nitrogens with zero attached hydrogens (tertiary/aromatic N) is 1. The molecular weight excluding hydrogens is 544 g/mol. The number of cyclic esters (lactones) is 1. The van der Waals surface area contributed by atoms with Gasteiger partial charge in [-0.3, -0.25) is 0 Å². The second-order valence-electron chi connectivity index (χ2n) is 11.4. The van der Waals surface area contributed by atoms with Crippen molar-refractivity contribution in [3.8, 4) is 5.75 Å². The van der Waals surface area contributed by atoms with Gasteiger partial charge in [-0.1, -0.05) is 43.9 Å². The van der Waals surface area contributed by atoms with Gasteiger partial charge in [0.1, 0.15) is 11.9 Å². The Kier molecular flexibility index (Phi) is 11.1. The first-order valence-corrected chi connectivity index (χ1v) is 16.3. The third-order valence-electron chi connectivity index (χ3n) is 7.47. The number of fused-ring (bicyclic) bond motifs is 1. The largest absolute Gasteiger partial charge is 0.463 e. The summed E-state index contributed by atoms with van der Waals surface area (Å²) in [5.41, 5.74) is 2.95. The van der Waals surface area contributed by atoms with Crippen LogP contribution in [0.1, 0.15) is 88.0 Å². The fraction of sp³-hybridized carbons (Fsp3) is 0.581. The molecule has 2 aliphatic heterocycles. The fourth-order valence-electron chi connectivity index (χ4n) is 5.15. The number of carbonyl (C=O) groups is 1. The molecule has 2 N–H and O–H groups in total. The highest BCUT2D eigenvalue weighted by Crippen LogP contribution is 2.35. The second-order valence-corrected chi connectivity index (χ2v) is 12.9. The van der Waals surface area contributed by atoms with E-state index >= 15 is 0 Å². The van der Waals surface area contributed by atoms with E-state index in [0.717, 1.165) is 93.4 Å². The lowest BCUT2D eigenvalue weighted by atomic mass is 10.0. The van der Waals surface area contributed by atoms with Crippen LogP contribution in [0.3, 0.4) is 0 Å². The first-order chi connectivity index (χ1) is 19.6. The van der Waals surface area contributed by atoms with Crippen molar-refractivity contribution in [1.29, 1.82) is 0 Å². The summed E-state index contributed by atoms with van der Waals surface area (Å²) in [7, 11) is -3.65. The molecule has 0 bridgehead atoms. The van der Waals surface area contributed by atoms with E-state index in [1.54, 1.807) is 17.0 Å². The molecule has 9 nitrogen and oxygen atoms in total. The molecule has 2 aromatic rings. The summed E-state index contributed by atoms with van der Waals surface area (Å²) < 4.78 is 46.0. The van der Waals surface area contributed by atoms with Crippen molar-refractivity contribution >= 4 is 16.1 Å². The highest BCUT2D eigenvalue weighted by Gasteiger charge is 2.33. The van der Waals surface area contributed by atoms with Gasteiger partial charge in [-0.05, 0) is 67.5 Å². The number of primary sulfonamides is 1. The number of hydrogen-bond acceptors (Lipinski definition) is 7. The highest BCUT2D eigenvalue weighted by atomic mass is 32.2. The van der Waals surface area contributed by atoms with Gasteiger partial charge in [0.05, 0.1) is 18.0 Å². The Bertz CT molecular complexity index is 1260. The van der Waals surface area contributed by atoms with Gasteiger partial charge in [-0.2, -0.15) is 0 Å². The Balaban J connectivity index is 1.000. The summed E-state index contributed by atoms with van der Waals surface area (Å²) in [6.45, 7) is 7.06. The van der Waals surface area contributed by atoms with E-state index in [9.17, 15) is 13.2 Å². The van der Waals surface area contributed by atoms with Crippen molar-refractivity contribution in [3.05, 3.63) is 59.2 Å². The Morgan fingerprint density at radius 2 is 1.71 bits per heavy atom. The molecule has 1 atom stereocenters. The Morgan fingerprint density at radius 3 is 2.46 bits per heavy atom. The summed E-state index contributed by atoms with van der Waals surface area (Å²) in [4.78, 5) is 14.4. The standard InChI is InChI=1S/C31H44N2O7S/c1-31(2)38-23-26-21-25(15-16-28(26)40-31)29-22-33(30(34)39-29)17-8-4-6-10-19-37-18-9-5-3-7-12-24-13-11-14-27(20-24)41(32,35)36/h11,13-16,20-21,29H,3-10,12,17-19,22-23H2,1-2H3,(H2,32,35,36). The quantitative estimate of drug-likeness (QED) is 0.244. The number of nitrogens with two attached hydrogens (primary N) is 1. The minimum atomic E-state index is -3.65. The number of unbranched alkanes of at least 4 members (excludes halogenated alkanes) is 6. The molecular formula is C31H44N2O7S. The van der Waals surface area contributed by atoms with Gasteiger partial charge in [-0.25, -0.2) is 18.4 Å². The van der Waals surface area contributed by atoms with Crippen molar-refractivity contribution in [2.45, 2.75) is 95.0 Å². The van der Waals surface area contributed by atoms with Gasteiger partial charge in [-0.15, -0.1) is 0 Å². The SMILES string of the molecule is CC1(C)OCc2cc(C3CN(CCCCCCOCCCCCCc4cccc(S(N)(=O)=O)c4)C(=O)O3)ccc2O1. The van der Waals surface area contributed by atoms with Crippen LogP contribution in [-0.2, 0) is 37.3 Å². The maximum Gasteiger partial charge on any atom is 0.410 e. The van der Waals surface area contributed by atoms with E-state index in [4.69, 9.17) is 24.1 Å². The molecule has 0 spiro atoms. The number of sulfonamides is 1. The molecule has 41 heavy (non-hydrogen) atoms. The zero-order valence-corrected chi connectivity index (χ0v) is 25.1. The van der Waals surface area contributed by atoms with Crippen LogP contribution < -0.4 is 9.88 Å². The van der Waals surface area contributed by atoms with Gasteiger partial charge < -0.3 is 23.8 Å². The van der Waals surface area contributed by atoms with E-state index in [1.165, 1.54) is 6.07 Å². The lowest BCUT2D eigenvalue weighted by Crippen LogP contribution is -2.35. The molecule has 1 fully saturated rings. The van der Waals surface area contributed by atoms with Crippen LogP contribution in [0.15, 0.2) is 47.4 Å². The smallest absolute Gasteiger partial charge is 0.410 e. The van der Waals surface area contributed by atoms with E-state index in [-0.39, 0.29) is 17.1 Å². The summed E-state index contributed by atoms with van der Waals surface area (Å²) in [5, 5.41) is 5.20. The number of carbonyl (C=O) groups excluding carboxylic acids is 1. The minimum absolute atomic E-state index is 0.174. The molecule has 0 radical (unpaired) electrons. The Morgan fingerprint density at radius 1 is 0.976 bits per heavy atom. The summed E-state index contributed by atoms with van der Waals surface area (Å²) in [6, 6.07) is 12.8. The van der Waals surface area contributed by atoms with E-state index < -0.39 is 15.8 Å². The lowest BCUT2D eigenvalue weighted by Gasteiger charge is -2.32. The first kappa shape index (κ1) is 31.3. The predicted molar refractivity (Wildman–Crippen MR) is 156 cm³/mol. The van der Waals surface area contributed by atoms with Crippen LogP contribution in [-0.4, -0.2) is 51.5 Å². The second kappa shape index (κ2) is 14.5. The van der Waals surface area contributed by atoms with Crippen LogP contribution in [0.2, 0.25) is 0 Å². The number of benzene rings is 2. The number of amides is 1. The zero-order chi connectivity index (χ0) is 29.3. The van der Waals surface area contributed by atoms with Crippen LogP contribution in [0, 0.1) is 0 Å². The fourth-order valence-corrected chi connectivity index (χ4v) is 5.73. The molecule has 10 heteroatoms. The van der Waals surface area contributed by atoms with E-state index in [1.807, 2.05) is 38.1 Å². The number of ether oxygens (including phenoxy) is 4. The third-order valence-corrected chi connectivity index (χ3v) is 8.38. The predicted octanol–water partition coefficient (Wildman–Crippen LogP) is 5.85. The van der Waals surface area contributed by atoms with Crippen LogP contribution >= 0.6 is 0 Å². The number of aryl methyl sites for hydroxylation is 1. The Hall–Kier alpha value is -2.66. The zero-order valence-electron chi connectivity index (χ0n) is 24.3. The summed E-state index contributed by atoms with van der Waals surface area (Å²) in [6.07, 6.45) is 8.62. The molecule has 1 unspecified atom stereocenters. The van der Waals surface area contributed by atoms with Crippen molar-refractivity contribution in [2.24, 2.45) is 5.14 Å². The molecule has 0 aromatic heterocycles. The monoisotopic (exact) mass is 588 g/mol. The van der Waals surface area contributed by atoms with E-state index in [2.05, 4.69) is 0 Å². The maximum absolute atomic E-state index is 12.4. The highest BCUT2D eigenvalue weighted by molar-refractivity contribution is 7.89. The third kappa shape index (κ3) is 9.70. The molecule has 2 aliphatic rings. The summed E-state index contributed by atoms with van der Waals surface area (Å²) >= 11 is 0. The van der Waals surface area contributed by atoms with Crippen molar-refractivity contribution in [1.82, 2.24) is 4.90 Å². The van der Waals surface area contributed by atoms with Crippen LogP contribution in [0.5, 0.6) is 5.75 Å². The summed E-state index contributed by atoms with van der Waals surface area (Å²) in [5.74, 6) is 0.189. The molecule has 2 heterocycles. The van der Waals surface area contributed by atoms with Crippen molar-refractivity contribution in [2.75, 3.05) is 26.3 Å². The van der Waals surface area contributed by atoms with Gasteiger partial charge >= 0.3 is 6.09 Å². The molecule has 2 aromatic carbocycles.